The minimum absolute atomic E-state index is 0.0344. The molecule has 0 bridgehead atoms. The lowest BCUT2D eigenvalue weighted by Gasteiger charge is -2.32. The fourth-order valence-electron chi connectivity index (χ4n) is 4.23. The second kappa shape index (κ2) is 14.5. The Hall–Kier alpha value is -4.05. The molecule has 0 spiro atoms. The Morgan fingerprint density at radius 3 is 2.37 bits per heavy atom. The molecule has 0 saturated carbocycles. The molecule has 0 unspecified atom stereocenters. The third kappa shape index (κ3) is 8.23. The fourth-order valence-corrected chi connectivity index (χ4v) is 5.35. The molecule has 0 aliphatic carbocycles. The molecule has 1 fully saturated rings. The van der Waals surface area contributed by atoms with Gasteiger partial charge in [0.05, 0.1) is 37.8 Å². The van der Waals surface area contributed by atoms with Gasteiger partial charge in [-0.1, -0.05) is 30.0 Å². The van der Waals surface area contributed by atoms with Gasteiger partial charge in [0.25, 0.3) is 0 Å². The van der Waals surface area contributed by atoms with Crippen LogP contribution in [0.2, 0.25) is 0 Å². The number of nitrogens with one attached hydrogen (secondary N) is 1. The van der Waals surface area contributed by atoms with Gasteiger partial charge in [0, 0.05) is 13.0 Å². The summed E-state index contributed by atoms with van der Waals surface area (Å²) in [7, 11) is 1.59. The predicted molar refractivity (Wildman–Crippen MR) is 159 cm³/mol. The van der Waals surface area contributed by atoms with E-state index in [0.717, 1.165) is 11.1 Å². The number of ether oxygens (including phenoxy) is 3. The quantitative estimate of drug-likeness (QED) is 0.304. The zero-order valence-corrected chi connectivity index (χ0v) is 24.2. The zero-order valence-electron chi connectivity index (χ0n) is 23.4. The van der Waals surface area contributed by atoms with E-state index in [0.29, 0.717) is 54.3 Å². The summed E-state index contributed by atoms with van der Waals surface area (Å²) < 4.78 is 30.0. The van der Waals surface area contributed by atoms with Gasteiger partial charge >= 0.3 is 0 Å². The SMILES string of the molecule is CCOc1ccc(CCNC(=O)[C@@H]2CC(=O)N(Cc3ccc(OC)cc3)C(=Nc3ccc(F)cc3)S2)cc1OCC. The van der Waals surface area contributed by atoms with Crippen molar-refractivity contribution in [1.29, 1.82) is 0 Å². The van der Waals surface area contributed by atoms with Crippen LogP contribution in [0.1, 0.15) is 31.4 Å². The molecule has 3 aromatic carbocycles. The minimum atomic E-state index is -0.645. The average molecular weight is 580 g/mol. The van der Waals surface area contributed by atoms with E-state index < -0.39 is 5.25 Å². The highest BCUT2D eigenvalue weighted by molar-refractivity contribution is 8.15. The van der Waals surface area contributed by atoms with E-state index in [1.807, 2.05) is 56.3 Å². The minimum Gasteiger partial charge on any atom is -0.497 e. The van der Waals surface area contributed by atoms with Crippen molar-refractivity contribution in [3.05, 3.63) is 83.7 Å². The molecule has 0 aromatic heterocycles. The van der Waals surface area contributed by atoms with Crippen LogP contribution in [0.5, 0.6) is 17.2 Å². The number of halogens is 1. The van der Waals surface area contributed by atoms with Gasteiger partial charge in [-0.3, -0.25) is 14.5 Å². The Bertz CT molecular complexity index is 1370. The van der Waals surface area contributed by atoms with Gasteiger partial charge in [0.2, 0.25) is 11.8 Å². The van der Waals surface area contributed by atoms with Crippen LogP contribution in [0, 0.1) is 5.82 Å². The number of carbonyl (C=O) groups is 2. The number of rotatable bonds is 12. The maximum Gasteiger partial charge on any atom is 0.234 e. The van der Waals surface area contributed by atoms with Crippen LogP contribution in [0.4, 0.5) is 10.1 Å². The van der Waals surface area contributed by atoms with Crippen molar-refractivity contribution in [1.82, 2.24) is 10.2 Å². The second-order valence-electron chi connectivity index (χ2n) is 9.20. The first-order valence-corrected chi connectivity index (χ1v) is 14.4. The summed E-state index contributed by atoms with van der Waals surface area (Å²) in [5.41, 5.74) is 2.37. The lowest BCUT2D eigenvalue weighted by molar-refractivity contribution is -0.130. The van der Waals surface area contributed by atoms with E-state index in [4.69, 9.17) is 14.2 Å². The summed E-state index contributed by atoms with van der Waals surface area (Å²) in [6.07, 6.45) is 0.621. The highest BCUT2D eigenvalue weighted by Gasteiger charge is 2.36. The fraction of sp³-hybridized carbons (Fsp3) is 0.323. The molecule has 4 rings (SSSR count). The molecule has 1 heterocycles. The van der Waals surface area contributed by atoms with Crippen LogP contribution in [0.3, 0.4) is 0 Å². The first kappa shape index (κ1) is 29.9. The molecule has 0 radical (unpaired) electrons. The standard InChI is InChI=1S/C31H34FN3O5S/c1-4-39-26-15-8-21(18-27(26)40-5-2)16-17-33-30(37)28-19-29(36)35(20-22-6-13-25(38-3)14-7-22)31(41-28)34-24-11-9-23(32)10-12-24/h6-15,18,28H,4-5,16-17,19-20H2,1-3H3,(H,33,37)/t28-/m0/s1. The Balaban J connectivity index is 1.45. The third-order valence-corrected chi connectivity index (χ3v) is 7.49. The van der Waals surface area contributed by atoms with Gasteiger partial charge in [-0.2, -0.15) is 0 Å². The first-order chi connectivity index (χ1) is 19.9. The van der Waals surface area contributed by atoms with E-state index in [9.17, 15) is 14.0 Å². The molecule has 1 N–H and O–H groups in total. The molecule has 2 amide bonds. The van der Waals surface area contributed by atoms with Gasteiger partial charge in [-0.05, 0) is 79.9 Å². The summed E-state index contributed by atoms with van der Waals surface area (Å²) in [6, 6.07) is 18.8. The normalized spacial score (nSPS) is 16.0. The third-order valence-electron chi connectivity index (χ3n) is 6.30. The summed E-state index contributed by atoms with van der Waals surface area (Å²) in [5, 5.41) is 2.70. The van der Waals surface area contributed by atoms with Gasteiger partial charge in [0.15, 0.2) is 16.7 Å². The van der Waals surface area contributed by atoms with Gasteiger partial charge in [-0.15, -0.1) is 0 Å². The van der Waals surface area contributed by atoms with E-state index in [1.165, 1.54) is 36.0 Å². The molecular weight excluding hydrogens is 545 g/mol. The molecule has 216 valence electrons. The maximum absolute atomic E-state index is 13.5. The molecule has 1 saturated heterocycles. The van der Waals surface area contributed by atoms with Crippen LogP contribution >= 0.6 is 11.8 Å². The van der Waals surface area contributed by atoms with Gasteiger partial charge < -0.3 is 19.5 Å². The number of amidine groups is 1. The van der Waals surface area contributed by atoms with Crippen LogP contribution in [-0.4, -0.2) is 54.0 Å². The van der Waals surface area contributed by atoms with E-state index in [-0.39, 0.29) is 30.6 Å². The van der Waals surface area contributed by atoms with E-state index in [1.54, 1.807) is 12.0 Å². The van der Waals surface area contributed by atoms with Crippen molar-refractivity contribution in [2.75, 3.05) is 26.9 Å². The van der Waals surface area contributed by atoms with Crippen molar-refractivity contribution in [2.45, 2.75) is 38.5 Å². The monoisotopic (exact) mass is 579 g/mol. The van der Waals surface area contributed by atoms with Crippen molar-refractivity contribution < 1.29 is 28.2 Å². The number of methoxy groups -OCH3 is 1. The van der Waals surface area contributed by atoms with Crippen molar-refractivity contribution in [3.63, 3.8) is 0 Å². The Kier molecular flexibility index (Phi) is 10.6. The van der Waals surface area contributed by atoms with Crippen LogP contribution < -0.4 is 19.5 Å². The number of thioether (sulfide) groups is 1. The Labute approximate surface area is 243 Å². The largest absolute Gasteiger partial charge is 0.497 e. The summed E-state index contributed by atoms with van der Waals surface area (Å²) >= 11 is 1.23. The average Bonchev–Trinajstić information content (AvgIpc) is 2.97. The van der Waals surface area contributed by atoms with Crippen LogP contribution in [0.15, 0.2) is 71.7 Å². The molecule has 1 aliphatic rings. The number of carbonyl (C=O) groups excluding carboxylic acids is 2. The number of amides is 2. The highest BCUT2D eigenvalue weighted by atomic mass is 32.2. The Morgan fingerprint density at radius 1 is 1.00 bits per heavy atom. The topological polar surface area (TPSA) is 89.5 Å². The summed E-state index contributed by atoms with van der Waals surface area (Å²) in [6.45, 7) is 5.56. The number of hydrogen-bond acceptors (Lipinski definition) is 7. The molecular formula is C31H34FN3O5S. The molecule has 10 heteroatoms. The first-order valence-electron chi connectivity index (χ1n) is 13.5. The molecule has 1 aliphatic heterocycles. The van der Waals surface area contributed by atoms with E-state index in [2.05, 4.69) is 10.3 Å². The van der Waals surface area contributed by atoms with Crippen LogP contribution in [0.25, 0.3) is 0 Å². The predicted octanol–water partition coefficient (Wildman–Crippen LogP) is 5.51. The maximum atomic E-state index is 13.5. The van der Waals surface area contributed by atoms with E-state index >= 15 is 0 Å². The van der Waals surface area contributed by atoms with Gasteiger partial charge in [0.1, 0.15) is 11.6 Å². The summed E-state index contributed by atoms with van der Waals surface area (Å²) in [4.78, 5) is 32.7. The zero-order chi connectivity index (χ0) is 29.2. The lowest BCUT2D eigenvalue weighted by Crippen LogP contribution is -2.46. The lowest BCUT2D eigenvalue weighted by atomic mass is 10.1. The highest BCUT2D eigenvalue weighted by Crippen LogP contribution is 2.31. The van der Waals surface area contributed by atoms with Gasteiger partial charge in [-0.25, -0.2) is 9.38 Å². The van der Waals surface area contributed by atoms with Crippen molar-refractivity contribution in [3.8, 4) is 17.2 Å². The number of aliphatic imine (C=N–C) groups is 1. The number of benzene rings is 3. The smallest absolute Gasteiger partial charge is 0.234 e. The molecule has 41 heavy (non-hydrogen) atoms. The Morgan fingerprint density at radius 2 is 1.68 bits per heavy atom. The second-order valence-corrected chi connectivity index (χ2v) is 10.4. The van der Waals surface area contributed by atoms with Crippen molar-refractivity contribution >= 4 is 34.4 Å². The summed E-state index contributed by atoms with van der Waals surface area (Å²) in [5.74, 6) is 1.24. The molecule has 1 atom stereocenters. The molecule has 3 aromatic rings. The molecule has 8 nitrogen and oxygen atoms in total. The van der Waals surface area contributed by atoms with Crippen molar-refractivity contribution in [2.24, 2.45) is 4.99 Å². The number of hydrogen-bond donors (Lipinski definition) is 1. The van der Waals surface area contributed by atoms with Crippen LogP contribution in [-0.2, 0) is 22.6 Å². The number of nitrogens with zero attached hydrogens (tertiary/aromatic N) is 2.